The number of hydrogen-bond acceptors (Lipinski definition) is 2. The van der Waals surface area contributed by atoms with Gasteiger partial charge in [0.2, 0.25) is 0 Å². The number of rotatable bonds is 4. The van der Waals surface area contributed by atoms with Gasteiger partial charge in [0.15, 0.2) is 0 Å². The first-order chi connectivity index (χ1) is 11.0. The van der Waals surface area contributed by atoms with Gasteiger partial charge in [0.25, 0.3) is 0 Å². The van der Waals surface area contributed by atoms with E-state index in [0.29, 0.717) is 13.1 Å². The maximum Gasteiger partial charge on any atom is 0.104 e. The van der Waals surface area contributed by atoms with Crippen molar-refractivity contribution in [2.24, 2.45) is 0 Å². The van der Waals surface area contributed by atoms with E-state index >= 15 is 0 Å². The van der Waals surface area contributed by atoms with Crippen LogP contribution in [0, 0.1) is 10.4 Å². The SMILES string of the molecule is CC(C)(C)[NH+]([O-])Cc1cc(C[NH+]([O-])C(C)(C)C)c2cccccc1-2. The molecule has 2 aliphatic carbocycles. The molecule has 132 valence electrons. The van der Waals surface area contributed by atoms with Crippen LogP contribution in [0.5, 0.6) is 0 Å². The van der Waals surface area contributed by atoms with Crippen molar-refractivity contribution < 1.29 is 10.1 Å². The van der Waals surface area contributed by atoms with Gasteiger partial charge in [-0.1, -0.05) is 30.3 Å². The first-order valence-corrected chi connectivity index (χ1v) is 8.56. The molecule has 2 unspecified atom stereocenters. The minimum absolute atomic E-state index is 0.217. The lowest BCUT2D eigenvalue weighted by Crippen LogP contribution is -3.13. The quantitative estimate of drug-likeness (QED) is 0.844. The molecular formula is C20H30N2O2. The Kier molecular flexibility index (Phi) is 5.35. The summed E-state index contributed by atoms with van der Waals surface area (Å²) in [6.45, 7) is 12.5. The van der Waals surface area contributed by atoms with E-state index in [-0.39, 0.29) is 21.2 Å². The minimum atomic E-state index is -0.359. The lowest BCUT2D eigenvalue weighted by atomic mass is 10.0. The Morgan fingerprint density at radius 1 is 0.708 bits per heavy atom. The van der Waals surface area contributed by atoms with Crippen LogP contribution in [0.4, 0.5) is 0 Å². The molecule has 0 amide bonds. The molecule has 0 saturated carbocycles. The fraction of sp³-hybridized carbons (Fsp3) is 0.500. The highest BCUT2D eigenvalue weighted by Gasteiger charge is 2.25. The molecular weight excluding hydrogens is 300 g/mol. The largest absolute Gasteiger partial charge is 0.634 e. The van der Waals surface area contributed by atoms with Crippen molar-refractivity contribution in [3.63, 3.8) is 0 Å². The number of hydroxylamine groups is 4. The van der Waals surface area contributed by atoms with Crippen molar-refractivity contribution in [3.05, 3.63) is 57.9 Å². The van der Waals surface area contributed by atoms with Crippen LogP contribution in [0.25, 0.3) is 11.1 Å². The lowest BCUT2D eigenvalue weighted by molar-refractivity contribution is -0.912. The smallest absolute Gasteiger partial charge is 0.104 e. The van der Waals surface area contributed by atoms with Crippen molar-refractivity contribution in [1.29, 1.82) is 0 Å². The average Bonchev–Trinajstić information content (AvgIpc) is 2.62. The maximum absolute atomic E-state index is 12.5. The second kappa shape index (κ2) is 6.81. The zero-order chi connectivity index (χ0) is 18.1. The van der Waals surface area contributed by atoms with Crippen LogP contribution in [-0.2, 0) is 13.1 Å². The van der Waals surface area contributed by atoms with E-state index in [2.05, 4.69) is 6.07 Å². The molecule has 0 bridgehead atoms. The third-order valence-electron chi connectivity index (χ3n) is 4.45. The highest BCUT2D eigenvalue weighted by atomic mass is 16.5. The zero-order valence-corrected chi connectivity index (χ0v) is 15.7. The van der Waals surface area contributed by atoms with E-state index in [1.54, 1.807) is 0 Å². The Bertz CT molecular complexity index is 602. The second-order valence-electron chi connectivity index (χ2n) is 8.63. The van der Waals surface area contributed by atoms with Gasteiger partial charge in [0.1, 0.15) is 13.1 Å². The van der Waals surface area contributed by atoms with Crippen molar-refractivity contribution in [2.45, 2.75) is 65.7 Å². The Hall–Kier alpha value is -1.46. The fourth-order valence-corrected chi connectivity index (χ4v) is 2.64. The third-order valence-corrected chi connectivity index (χ3v) is 4.45. The van der Waals surface area contributed by atoms with Gasteiger partial charge in [-0.15, -0.1) is 0 Å². The summed E-state index contributed by atoms with van der Waals surface area (Å²) in [5.41, 5.74) is 3.49. The van der Waals surface area contributed by atoms with E-state index in [1.165, 1.54) is 0 Å². The zero-order valence-electron chi connectivity index (χ0n) is 15.7. The van der Waals surface area contributed by atoms with E-state index in [0.717, 1.165) is 22.3 Å². The highest BCUT2D eigenvalue weighted by Crippen LogP contribution is 2.31. The molecule has 2 atom stereocenters. The third kappa shape index (κ3) is 4.33. The summed E-state index contributed by atoms with van der Waals surface area (Å²) in [6.07, 6.45) is 0. The van der Waals surface area contributed by atoms with Gasteiger partial charge >= 0.3 is 0 Å². The Labute approximate surface area is 145 Å². The Morgan fingerprint density at radius 2 is 1.08 bits per heavy atom. The summed E-state index contributed by atoms with van der Waals surface area (Å²) < 4.78 is 0. The average molecular weight is 330 g/mol. The normalized spacial score (nSPS) is 15.5. The molecule has 0 heterocycles. The number of hydrogen-bond donors (Lipinski definition) is 2. The van der Waals surface area contributed by atoms with Crippen LogP contribution in [0.2, 0.25) is 0 Å². The van der Waals surface area contributed by atoms with Gasteiger partial charge < -0.3 is 20.5 Å². The van der Waals surface area contributed by atoms with Gasteiger partial charge in [0, 0.05) is 11.1 Å². The molecule has 0 aromatic heterocycles. The van der Waals surface area contributed by atoms with E-state index in [1.807, 2.05) is 71.9 Å². The monoisotopic (exact) mass is 330 g/mol. The molecule has 4 nitrogen and oxygen atoms in total. The van der Waals surface area contributed by atoms with Crippen molar-refractivity contribution >= 4 is 0 Å². The summed E-state index contributed by atoms with van der Waals surface area (Å²) in [6, 6.07) is 12.1. The highest BCUT2D eigenvalue weighted by molar-refractivity contribution is 5.74. The number of nitrogens with one attached hydrogen (secondary N) is 2. The fourth-order valence-electron chi connectivity index (χ4n) is 2.64. The van der Waals surface area contributed by atoms with Crippen LogP contribution in [0.3, 0.4) is 0 Å². The molecule has 0 aliphatic heterocycles. The van der Waals surface area contributed by atoms with Gasteiger partial charge in [-0.05, 0) is 58.7 Å². The molecule has 2 N–H and O–H groups in total. The first-order valence-electron chi connectivity index (χ1n) is 8.56. The Balaban J connectivity index is 2.40. The minimum Gasteiger partial charge on any atom is -0.634 e. The summed E-state index contributed by atoms with van der Waals surface area (Å²) >= 11 is 0. The van der Waals surface area contributed by atoms with E-state index in [4.69, 9.17) is 0 Å². The van der Waals surface area contributed by atoms with Crippen LogP contribution in [-0.4, -0.2) is 11.1 Å². The van der Waals surface area contributed by atoms with Gasteiger partial charge in [-0.3, -0.25) is 0 Å². The van der Waals surface area contributed by atoms with Crippen LogP contribution in [0.1, 0.15) is 52.7 Å². The predicted molar refractivity (Wildman–Crippen MR) is 98.6 cm³/mol. The molecule has 2 rings (SSSR count). The van der Waals surface area contributed by atoms with Gasteiger partial charge in [-0.2, -0.15) is 0 Å². The van der Waals surface area contributed by atoms with E-state index in [9.17, 15) is 10.4 Å². The number of fused-ring (bicyclic) bond motifs is 1. The second-order valence-corrected chi connectivity index (χ2v) is 8.63. The first kappa shape index (κ1) is 18.9. The molecule has 0 saturated heterocycles. The predicted octanol–water partition coefficient (Wildman–Crippen LogP) is 2.15. The molecule has 0 radical (unpaired) electrons. The number of quaternary nitrogens is 2. The van der Waals surface area contributed by atoms with Gasteiger partial charge in [0.05, 0.1) is 11.1 Å². The standard InChI is InChI=1S/C20H30N2O2/c1-19(2,3)21(23)13-15-12-16(14-22(24)20(4,5)6)18-11-9-7-8-10-17(15)18/h7-12,21-22H,13-14H2,1-6H3. The van der Waals surface area contributed by atoms with Crippen molar-refractivity contribution in [3.8, 4) is 11.1 Å². The van der Waals surface area contributed by atoms with Crippen molar-refractivity contribution in [2.75, 3.05) is 0 Å². The van der Waals surface area contributed by atoms with E-state index < -0.39 is 0 Å². The van der Waals surface area contributed by atoms with Crippen LogP contribution in [0.15, 0.2) is 36.4 Å². The molecule has 0 spiro atoms. The molecule has 4 heteroatoms. The summed E-state index contributed by atoms with van der Waals surface area (Å²) in [5.74, 6) is 0. The van der Waals surface area contributed by atoms with Crippen LogP contribution < -0.4 is 10.1 Å². The maximum atomic E-state index is 12.5. The summed E-state index contributed by atoms with van der Waals surface area (Å²) in [4.78, 5) is 0. The topological polar surface area (TPSA) is 55.0 Å². The van der Waals surface area contributed by atoms with Gasteiger partial charge in [-0.25, -0.2) is 0 Å². The van der Waals surface area contributed by atoms with Crippen molar-refractivity contribution in [1.82, 2.24) is 0 Å². The lowest BCUT2D eigenvalue weighted by Gasteiger charge is -2.35. The molecule has 24 heavy (non-hydrogen) atoms. The Morgan fingerprint density at radius 3 is 1.42 bits per heavy atom. The molecule has 0 aromatic carbocycles. The molecule has 0 fully saturated rings. The van der Waals surface area contributed by atoms with Crippen LogP contribution >= 0.6 is 0 Å². The summed E-state index contributed by atoms with van der Waals surface area (Å²) in [5, 5.41) is 25.4. The summed E-state index contributed by atoms with van der Waals surface area (Å²) in [7, 11) is 0. The molecule has 0 aromatic rings. The molecule has 2 aliphatic rings.